The summed E-state index contributed by atoms with van der Waals surface area (Å²) in [7, 11) is 3.34. The number of hydrogen-bond donors (Lipinski definition) is 0. The maximum Gasteiger partial charge on any atom is 0.327 e. The molecule has 0 saturated carbocycles. The van der Waals surface area contributed by atoms with Crippen LogP contribution in [0.1, 0.15) is 16.7 Å². The normalized spacial score (nSPS) is 21.7. The van der Waals surface area contributed by atoms with Gasteiger partial charge in [0.25, 0.3) is 5.91 Å². The van der Waals surface area contributed by atoms with Crippen molar-refractivity contribution in [2.45, 2.75) is 24.9 Å². The van der Waals surface area contributed by atoms with Crippen molar-refractivity contribution < 1.29 is 14.3 Å². The SMILES string of the molecule is COc1ccc(CN2C(=O)N(C)C3(Cc4ccc(Br)cc4C3)C2=O)cc1. The molecule has 0 radical (unpaired) electrons. The summed E-state index contributed by atoms with van der Waals surface area (Å²) in [6, 6.07) is 13.3. The predicted molar refractivity (Wildman–Crippen MR) is 101 cm³/mol. The van der Waals surface area contributed by atoms with Crippen LogP contribution in [0.15, 0.2) is 46.9 Å². The van der Waals surface area contributed by atoms with E-state index in [2.05, 4.69) is 15.9 Å². The van der Waals surface area contributed by atoms with Gasteiger partial charge in [0.2, 0.25) is 0 Å². The standard InChI is InChI=1S/C20H19BrN2O3/c1-22-19(25)23(12-13-3-7-17(26-2)8-4-13)18(24)20(22)10-14-5-6-16(21)9-15(14)11-20/h3-9H,10-12H2,1-2H3. The number of likely N-dealkylation sites (N-methyl/N-ethyl adjacent to an activating group) is 1. The second-order valence-electron chi connectivity index (χ2n) is 6.88. The Morgan fingerprint density at radius 3 is 2.46 bits per heavy atom. The van der Waals surface area contributed by atoms with Gasteiger partial charge < -0.3 is 9.64 Å². The zero-order valence-electron chi connectivity index (χ0n) is 14.7. The first-order chi connectivity index (χ1) is 12.4. The minimum atomic E-state index is -0.799. The zero-order valence-corrected chi connectivity index (χ0v) is 16.2. The molecule has 3 amide bonds. The number of benzene rings is 2. The summed E-state index contributed by atoms with van der Waals surface area (Å²) in [6.07, 6.45) is 1.12. The monoisotopic (exact) mass is 414 g/mol. The van der Waals surface area contributed by atoms with E-state index in [0.29, 0.717) is 12.8 Å². The summed E-state index contributed by atoms with van der Waals surface area (Å²) < 4.78 is 6.15. The van der Waals surface area contributed by atoms with Gasteiger partial charge in [-0.3, -0.25) is 9.69 Å². The molecule has 1 heterocycles. The lowest BCUT2D eigenvalue weighted by atomic mass is 9.94. The number of fused-ring (bicyclic) bond motifs is 1. The molecule has 26 heavy (non-hydrogen) atoms. The average molecular weight is 415 g/mol. The van der Waals surface area contributed by atoms with E-state index in [1.807, 2.05) is 42.5 Å². The molecular weight excluding hydrogens is 396 g/mol. The van der Waals surface area contributed by atoms with Crippen LogP contribution in [0.3, 0.4) is 0 Å². The number of urea groups is 1. The van der Waals surface area contributed by atoms with Crippen LogP contribution in [-0.2, 0) is 24.2 Å². The van der Waals surface area contributed by atoms with Gasteiger partial charge in [0.15, 0.2) is 0 Å². The lowest BCUT2D eigenvalue weighted by Gasteiger charge is -2.27. The highest BCUT2D eigenvalue weighted by Gasteiger charge is 2.57. The van der Waals surface area contributed by atoms with Crippen LogP contribution in [0, 0.1) is 0 Å². The third kappa shape index (κ3) is 2.51. The largest absolute Gasteiger partial charge is 0.497 e. The van der Waals surface area contributed by atoms with Gasteiger partial charge >= 0.3 is 6.03 Å². The molecule has 4 rings (SSSR count). The van der Waals surface area contributed by atoms with Crippen molar-refractivity contribution in [1.82, 2.24) is 9.80 Å². The van der Waals surface area contributed by atoms with Gasteiger partial charge in [0.05, 0.1) is 13.7 Å². The second kappa shape index (κ2) is 6.13. The molecule has 1 aliphatic carbocycles. The zero-order chi connectivity index (χ0) is 18.5. The van der Waals surface area contributed by atoms with Crippen molar-refractivity contribution >= 4 is 27.9 Å². The fourth-order valence-electron chi connectivity index (χ4n) is 3.91. The lowest BCUT2D eigenvalue weighted by molar-refractivity contribution is -0.133. The van der Waals surface area contributed by atoms with Crippen molar-refractivity contribution in [3.05, 3.63) is 63.6 Å². The number of imide groups is 1. The Hall–Kier alpha value is -2.34. The number of halogens is 1. The van der Waals surface area contributed by atoms with E-state index < -0.39 is 5.54 Å². The van der Waals surface area contributed by atoms with Crippen LogP contribution in [0.25, 0.3) is 0 Å². The molecule has 2 aromatic rings. The molecule has 1 atom stereocenters. The number of methoxy groups -OCH3 is 1. The van der Waals surface area contributed by atoms with E-state index in [-0.39, 0.29) is 18.5 Å². The molecule has 2 aromatic carbocycles. The Bertz CT molecular complexity index is 896. The molecule has 0 aromatic heterocycles. The van der Waals surface area contributed by atoms with Crippen LogP contribution in [0.4, 0.5) is 4.79 Å². The molecule has 1 saturated heterocycles. The predicted octanol–water partition coefficient (Wildman–Crippen LogP) is 3.39. The summed E-state index contributed by atoms with van der Waals surface area (Å²) in [4.78, 5) is 29.1. The average Bonchev–Trinajstić information content (AvgIpc) is 3.10. The van der Waals surface area contributed by atoms with Gasteiger partial charge in [-0.25, -0.2) is 4.79 Å². The number of hydrogen-bond acceptors (Lipinski definition) is 3. The number of rotatable bonds is 3. The van der Waals surface area contributed by atoms with Gasteiger partial charge in [-0.05, 0) is 41.0 Å². The van der Waals surface area contributed by atoms with Gasteiger partial charge in [0.1, 0.15) is 11.3 Å². The Morgan fingerprint density at radius 1 is 1.08 bits per heavy atom. The Kier molecular flexibility index (Phi) is 4.03. The molecule has 1 aliphatic heterocycles. The molecule has 134 valence electrons. The van der Waals surface area contributed by atoms with Crippen LogP contribution in [0.5, 0.6) is 5.75 Å². The number of carbonyl (C=O) groups is 2. The van der Waals surface area contributed by atoms with E-state index >= 15 is 0 Å². The van der Waals surface area contributed by atoms with Crippen molar-refractivity contribution in [1.29, 1.82) is 0 Å². The lowest BCUT2D eigenvalue weighted by Crippen LogP contribution is -2.48. The molecule has 0 bridgehead atoms. The summed E-state index contributed by atoms with van der Waals surface area (Å²) in [6.45, 7) is 0.272. The highest BCUT2D eigenvalue weighted by atomic mass is 79.9. The first kappa shape index (κ1) is 17.1. The molecule has 0 N–H and O–H groups in total. The number of nitrogens with zero attached hydrogens (tertiary/aromatic N) is 2. The first-order valence-electron chi connectivity index (χ1n) is 8.44. The van der Waals surface area contributed by atoms with Crippen LogP contribution < -0.4 is 4.74 Å². The van der Waals surface area contributed by atoms with Crippen LogP contribution >= 0.6 is 15.9 Å². The second-order valence-corrected chi connectivity index (χ2v) is 7.79. The van der Waals surface area contributed by atoms with Crippen molar-refractivity contribution in [2.75, 3.05) is 14.2 Å². The van der Waals surface area contributed by atoms with E-state index in [1.54, 1.807) is 19.1 Å². The summed E-state index contributed by atoms with van der Waals surface area (Å²) in [5.74, 6) is 0.631. The fourth-order valence-corrected chi connectivity index (χ4v) is 4.32. The molecule has 1 spiro atoms. The Labute approximate surface area is 160 Å². The van der Waals surface area contributed by atoms with Gasteiger partial charge in [-0.2, -0.15) is 0 Å². The smallest absolute Gasteiger partial charge is 0.327 e. The summed E-state index contributed by atoms with van der Waals surface area (Å²) in [5.41, 5.74) is 2.36. The molecule has 1 unspecified atom stereocenters. The summed E-state index contributed by atoms with van der Waals surface area (Å²) in [5, 5.41) is 0. The Morgan fingerprint density at radius 2 is 1.77 bits per heavy atom. The van der Waals surface area contributed by atoms with E-state index in [0.717, 1.165) is 26.9 Å². The van der Waals surface area contributed by atoms with Crippen molar-refractivity contribution in [2.24, 2.45) is 0 Å². The maximum atomic E-state index is 13.3. The fraction of sp³-hybridized carbons (Fsp3) is 0.300. The third-order valence-corrected chi connectivity index (χ3v) is 5.93. The first-order valence-corrected chi connectivity index (χ1v) is 9.24. The number of carbonyl (C=O) groups excluding carboxylic acids is 2. The van der Waals surface area contributed by atoms with E-state index in [1.165, 1.54) is 4.90 Å². The molecule has 6 heteroatoms. The van der Waals surface area contributed by atoms with E-state index in [9.17, 15) is 9.59 Å². The van der Waals surface area contributed by atoms with Gasteiger partial charge in [-0.15, -0.1) is 0 Å². The highest BCUT2D eigenvalue weighted by Crippen LogP contribution is 2.41. The van der Waals surface area contributed by atoms with Crippen LogP contribution in [-0.4, -0.2) is 41.4 Å². The Balaban J connectivity index is 1.61. The van der Waals surface area contributed by atoms with Gasteiger partial charge in [-0.1, -0.05) is 34.1 Å². The molecular formula is C20H19BrN2O3. The number of amides is 3. The van der Waals surface area contributed by atoms with Gasteiger partial charge in [0, 0.05) is 24.4 Å². The number of ether oxygens (including phenoxy) is 1. The molecule has 1 fully saturated rings. The quantitative estimate of drug-likeness (QED) is 0.723. The van der Waals surface area contributed by atoms with E-state index in [4.69, 9.17) is 4.74 Å². The minimum absolute atomic E-state index is 0.117. The van der Waals surface area contributed by atoms with Crippen molar-refractivity contribution in [3.8, 4) is 5.75 Å². The molecule has 2 aliphatic rings. The maximum absolute atomic E-state index is 13.3. The van der Waals surface area contributed by atoms with Crippen LogP contribution in [0.2, 0.25) is 0 Å². The van der Waals surface area contributed by atoms with Crippen molar-refractivity contribution in [3.63, 3.8) is 0 Å². The molecule has 5 nitrogen and oxygen atoms in total. The topological polar surface area (TPSA) is 49.9 Å². The highest BCUT2D eigenvalue weighted by molar-refractivity contribution is 9.10. The summed E-state index contributed by atoms with van der Waals surface area (Å²) >= 11 is 3.49. The third-order valence-electron chi connectivity index (χ3n) is 5.44. The minimum Gasteiger partial charge on any atom is -0.497 e.